The van der Waals surface area contributed by atoms with Gasteiger partial charge in [-0.05, 0) is 13.8 Å². The molecule has 1 aromatic rings. The number of hydrogen-bond donors (Lipinski definition) is 0. The van der Waals surface area contributed by atoms with E-state index < -0.39 is 0 Å². The Kier molecular flexibility index (Phi) is 11.0. The second-order valence-corrected chi connectivity index (χ2v) is 3.42. The Hall–Kier alpha value is 0.746. The number of halogens is 2. The van der Waals surface area contributed by atoms with Crippen molar-refractivity contribution in [1.82, 2.24) is 0 Å². The van der Waals surface area contributed by atoms with E-state index in [4.69, 9.17) is 0 Å². The third-order valence-electron chi connectivity index (χ3n) is 1.88. The van der Waals surface area contributed by atoms with Crippen molar-refractivity contribution >= 4 is 44.7 Å². The van der Waals surface area contributed by atoms with Crippen molar-refractivity contribution in [2.45, 2.75) is 13.8 Å². The first-order valence-corrected chi connectivity index (χ1v) is 4.99. The molecule has 1 nitrogen and oxygen atoms in total. The molecule has 0 atom stereocenters. The Morgan fingerprint density at radius 3 is 2.36 bits per heavy atom. The normalized spacial score (nSPS) is 8.50. The van der Waals surface area contributed by atoms with Gasteiger partial charge in [0.1, 0.15) is 0 Å². The summed E-state index contributed by atoms with van der Waals surface area (Å²) in [6.07, 6.45) is 0. The Balaban J connectivity index is 0. The van der Waals surface area contributed by atoms with Crippen molar-refractivity contribution in [3.63, 3.8) is 0 Å². The molecule has 0 N–H and O–H groups in total. The average molecular weight is 331 g/mol. The number of rotatable bonds is 3. The van der Waals surface area contributed by atoms with E-state index in [1.807, 2.05) is 6.07 Å². The molecule has 0 aliphatic carbocycles. The Bertz CT molecular complexity index is 252. The fourth-order valence-corrected chi connectivity index (χ4v) is 1.58. The van der Waals surface area contributed by atoms with Crippen LogP contribution in [0.15, 0.2) is 22.7 Å². The van der Waals surface area contributed by atoms with Gasteiger partial charge >= 0.3 is 23.1 Å². The molecule has 74 valence electrons. The van der Waals surface area contributed by atoms with E-state index in [1.54, 1.807) is 0 Å². The molecule has 0 amide bonds. The summed E-state index contributed by atoms with van der Waals surface area (Å²) in [5, 5.41) is 0. The maximum atomic E-state index is 3.41. The van der Waals surface area contributed by atoms with Crippen LogP contribution in [-0.2, 0) is 0 Å². The topological polar surface area (TPSA) is 3.24 Å². The summed E-state index contributed by atoms with van der Waals surface area (Å²) in [6, 6.07) is 9.18. The summed E-state index contributed by atoms with van der Waals surface area (Å²) in [5.41, 5.74) is 1.26. The molecule has 0 saturated carbocycles. The molecule has 0 spiro atoms. The molecule has 1 rings (SSSR count). The minimum Gasteiger partial charge on any atom is -1.00 e. The minimum absolute atomic E-state index is 0. The number of nitrogens with zero attached hydrogens (tertiary/aromatic N) is 1. The van der Waals surface area contributed by atoms with Gasteiger partial charge in [-0.2, -0.15) is 12.1 Å². The molecule has 0 aliphatic rings. The van der Waals surface area contributed by atoms with Crippen molar-refractivity contribution in [2.75, 3.05) is 18.0 Å². The van der Waals surface area contributed by atoms with Gasteiger partial charge in [0, 0.05) is 13.1 Å². The molecular formula is C10H13Br2MgN. The van der Waals surface area contributed by atoms with Crippen LogP contribution in [0.4, 0.5) is 5.69 Å². The molecule has 0 fully saturated rings. The molecule has 0 bridgehead atoms. The van der Waals surface area contributed by atoms with Crippen LogP contribution in [0.25, 0.3) is 0 Å². The molecular weight excluding hydrogens is 318 g/mol. The summed E-state index contributed by atoms with van der Waals surface area (Å²) in [7, 11) is 0. The second-order valence-electron chi connectivity index (χ2n) is 2.57. The quantitative estimate of drug-likeness (QED) is 0.544. The van der Waals surface area contributed by atoms with Gasteiger partial charge in [-0.3, -0.25) is 0 Å². The Labute approximate surface area is 121 Å². The number of benzene rings is 1. The zero-order valence-electron chi connectivity index (χ0n) is 8.56. The number of anilines is 1. The van der Waals surface area contributed by atoms with Crippen LogP contribution in [-0.4, -0.2) is 36.1 Å². The van der Waals surface area contributed by atoms with E-state index in [1.165, 1.54) is 5.69 Å². The molecule has 0 aromatic heterocycles. The first-order valence-electron chi connectivity index (χ1n) is 4.20. The standard InChI is InChI=1S/C10H13BrN.BrH.Mg/c1-3-12(4-2)10-7-5-6-9(11)8-10;;/h5,7-8H,3-4H2,1-2H3;1H;/q-1;;+2/p-1. The van der Waals surface area contributed by atoms with Crippen molar-refractivity contribution < 1.29 is 17.0 Å². The summed E-state index contributed by atoms with van der Waals surface area (Å²) in [6.45, 7) is 6.42. The van der Waals surface area contributed by atoms with Crippen LogP contribution in [0.5, 0.6) is 0 Å². The van der Waals surface area contributed by atoms with Crippen LogP contribution in [0.3, 0.4) is 0 Å². The second kappa shape index (κ2) is 9.01. The van der Waals surface area contributed by atoms with E-state index in [9.17, 15) is 0 Å². The van der Waals surface area contributed by atoms with E-state index in [-0.39, 0.29) is 40.0 Å². The number of hydrogen-bond acceptors (Lipinski definition) is 1. The summed E-state index contributed by atoms with van der Waals surface area (Å²) < 4.78 is 1.02. The predicted octanol–water partition coefficient (Wildman–Crippen LogP) is -0.281. The third-order valence-corrected chi connectivity index (χ3v) is 2.34. The molecule has 14 heavy (non-hydrogen) atoms. The van der Waals surface area contributed by atoms with Gasteiger partial charge in [0.05, 0.1) is 0 Å². The van der Waals surface area contributed by atoms with Crippen molar-refractivity contribution in [3.05, 3.63) is 28.7 Å². The summed E-state index contributed by atoms with van der Waals surface area (Å²) >= 11 is 3.41. The molecule has 0 unspecified atom stereocenters. The van der Waals surface area contributed by atoms with Gasteiger partial charge in [0.25, 0.3) is 0 Å². The van der Waals surface area contributed by atoms with Crippen LogP contribution < -0.4 is 21.9 Å². The molecule has 0 aliphatic heterocycles. The predicted molar refractivity (Wildman–Crippen MR) is 62.3 cm³/mol. The first-order chi connectivity index (χ1) is 5.77. The van der Waals surface area contributed by atoms with Crippen molar-refractivity contribution in [3.8, 4) is 0 Å². The van der Waals surface area contributed by atoms with Gasteiger partial charge in [0.15, 0.2) is 0 Å². The molecule has 1 aromatic carbocycles. The van der Waals surface area contributed by atoms with Crippen LogP contribution >= 0.6 is 15.9 Å². The van der Waals surface area contributed by atoms with Gasteiger partial charge in [0.2, 0.25) is 0 Å². The van der Waals surface area contributed by atoms with E-state index in [0.29, 0.717) is 0 Å². The van der Waals surface area contributed by atoms with Crippen LogP contribution in [0.1, 0.15) is 13.8 Å². The Morgan fingerprint density at radius 1 is 1.36 bits per heavy atom. The van der Waals surface area contributed by atoms with Crippen LogP contribution in [0.2, 0.25) is 0 Å². The van der Waals surface area contributed by atoms with Gasteiger partial charge in [-0.1, -0.05) is 26.1 Å². The third kappa shape index (κ3) is 5.00. The summed E-state index contributed by atoms with van der Waals surface area (Å²) in [5.74, 6) is 0. The van der Waals surface area contributed by atoms with Gasteiger partial charge < -0.3 is 21.9 Å². The van der Waals surface area contributed by atoms with Crippen LogP contribution in [0, 0.1) is 6.07 Å². The van der Waals surface area contributed by atoms with E-state index in [0.717, 1.165) is 17.6 Å². The molecule has 0 radical (unpaired) electrons. The fourth-order valence-electron chi connectivity index (χ4n) is 1.21. The SMILES string of the molecule is CCN(CC)c1cc[c-]c(Br)c1.[Br-].[Mg+2]. The van der Waals surface area contributed by atoms with E-state index >= 15 is 0 Å². The molecule has 4 heteroatoms. The Morgan fingerprint density at radius 2 is 1.93 bits per heavy atom. The van der Waals surface area contributed by atoms with Crippen molar-refractivity contribution in [2.24, 2.45) is 0 Å². The van der Waals surface area contributed by atoms with Gasteiger partial charge in [-0.25, -0.2) is 0 Å². The maximum Gasteiger partial charge on any atom is 2.00 e. The van der Waals surface area contributed by atoms with E-state index in [2.05, 4.69) is 52.9 Å². The minimum atomic E-state index is 0. The zero-order chi connectivity index (χ0) is 8.97. The summed E-state index contributed by atoms with van der Waals surface area (Å²) in [4.78, 5) is 2.30. The average Bonchev–Trinajstić information content (AvgIpc) is 2.07. The first kappa shape index (κ1) is 17.2. The molecule has 0 saturated heterocycles. The monoisotopic (exact) mass is 329 g/mol. The zero-order valence-corrected chi connectivity index (χ0v) is 13.1. The van der Waals surface area contributed by atoms with Gasteiger partial charge in [-0.15, -0.1) is 12.1 Å². The maximum absolute atomic E-state index is 3.41. The molecule has 0 heterocycles. The smallest absolute Gasteiger partial charge is 1.00 e. The largest absolute Gasteiger partial charge is 2.00 e. The van der Waals surface area contributed by atoms with Crippen molar-refractivity contribution in [1.29, 1.82) is 0 Å². The fraction of sp³-hybridized carbons (Fsp3) is 0.400.